The molecule has 90 valence electrons. The van der Waals surface area contributed by atoms with Crippen LogP contribution in [0.4, 0.5) is 0 Å². The minimum Gasteiger partial charge on any atom is -0.391 e. The first kappa shape index (κ1) is 11.9. The van der Waals surface area contributed by atoms with Crippen molar-refractivity contribution < 1.29 is 5.11 Å². The van der Waals surface area contributed by atoms with E-state index in [1.54, 1.807) is 0 Å². The van der Waals surface area contributed by atoms with E-state index in [4.69, 9.17) is 0 Å². The second-order valence-electron chi connectivity index (χ2n) is 5.67. The van der Waals surface area contributed by atoms with Crippen molar-refractivity contribution in [3.05, 3.63) is 0 Å². The molecule has 2 fully saturated rings. The zero-order valence-corrected chi connectivity index (χ0v) is 10.1. The Balaban J connectivity index is 2.04. The number of aliphatic hydroxyl groups excluding tert-OH is 1. The quantitative estimate of drug-likeness (QED) is 0.776. The van der Waals surface area contributed by atoms with Crippen LogP contribution in [0.1, 0.15) is 64.2 Å². The maximum absolute atomic E-state index is 10.5. The van der Waals surface area contributed by atoms with Gasteiger partial charge in [0.15, 0.2) is 0 Å². The number of rotatable bonds is 2. The summed E-state index contributed by atoms with van der Waals surface area (Å²) in [6.45, 7) is 0. The van der Waals surface area contributed by atoms with E-state index < -0.39 is 5.41 Å². The molecule has 0 aliphatic heterocycles. The molecule has 16 heavy (non-hydrogen) atoms. The molecule has 0 radical (unpaired) electrons. The summed E-state index contributed by atoms with van der Waals surface area (Å²) in [7, 11) is 0. The van der Waals surface area contributed by atoms with Crippen LogP contribution < -0.4 is 0 Å². The molecular weight excluding hydrogens is 198 g/mol. The van der Waals surface area contributed by atoms with Crippen molar-refractivity contribution in [1.82, 2.24) is 0 Å². The molecule has 0 bridgehead atoms. The minimum absolute atomic E-state index is 0.363. The monoisotopic (exact) mass is 221 g/mol. The van der Waals surface area contributed by atoms with Crippen molar-refractivity contribution >= 4 is 0 Å². The predicted octanol–water partition coefficient (Wildman–Crippen LogP) is 3.40. The Morgan fingerprint density at radius 3 is 2.12 bits per heavy atom. The summed E-state index contributed by atoms with van der Waals surface area (Å²) in [6.07, 6.45) is 11.0. The molecule has 0 spiro atoms. The lowest BCUT2D eigenvalue weighted by atomic mass is 9.65. The third-order valence-electron chi connectivity index (χ3n) is 4.63. The van der Waals surface area contributed by atoms with E-state index in [-0.39, 0.29) is 6.10 Å². The molecule has 1 N–H and O–H groups in total. The van der Waals surface area contributed by atoms with Crippen LogP contribution >= 0.6 is 0 Å². The number of nitriles is 1. The number of nitrogens with zero attached hydrogens (tertiary/aromatic N) is 1. The summed E-state index contributed by atoms with van der Waals surface area (Å²) in [5.41, 5.74) is -0.403. The fourth-order valence-corrected chi connectivity index (χ4v) is 3.56. The molecule has 2 aliphatic rings. The highest BCUT2D eigenvalue weighted by Gasteiger charge is 2.43. The predicted molar refractivity (Wildman–Crippen MR) is 63.7 cm³/mol. The molecule has 2 nitrogen and oxygen atoms in total. The van der Waals surface area contributed by atoms with Gasteiger partial charge in [0.25, 0.3) is 0 Å². The van der Waals surface area contributed by atoms with Gasteiger partial charge in [-0.05, 0) is 31.6 Å². The first-order valence-corrected chi connectivity index (χ1v) is 6.88. The summed E-state index contributed by atoms with van der Waals surface area (Å²) >= 11 is 0. The van der Waals surface area contributed by atoms with Gasteiger partial charge in [-0.15, -0.1) is 0 Å². The molecule has 0 saturated heterocycles. The molecule has 2 rings (SSSR count). The summed E-state index contributed by atoms with van der Waals surface area (Å²) in [4.78, 5) is 0. The first-order chi connectivity index (χ1) is 7.78. The van der Waals surface area contributed by atoms with E-state index >= 15 is 0 Å². The SMILES string of the molecule is N#CC1(C(O)C2CCCCC2)CCCCC1. The van der Waals surface area contributed by atoms with Gasteiger partial charge in [0, 0.05) is 0 Å². The van der Waals surface area contributed by atoms with E-state index in [2.05, 4.69) is 6.07 Å². The smallest absolute Gasteiger partial charge is 0.0835 e. The van der Waals surface area contributed by atoms with Crippen molar-refractivity contribution in [3.63, 3.8) is 0 Å². The van der Waals surface area contributed by atoms with E-state index in [1.807, 2.05) is 0 Å². The van der Waals surface area contributed by atoms with E-state index in [0.29, 0.717) is 5.92 Å². The van der Waals surface area contributed by atoms with Crippen LogP contribution in [0.3, 0.4) is 0 Å². The fraction of sp³-hybridized carbons (Fsp3) is 0.929. The number of hydrogen-bond acceptors (Lipinski definition) is 2. The highest BCUT2D eigenvalue weighted by Crippen LogP contribution is 2.44. The van der Waals surface area contributed by atoms with Crippen LogP contribution in [0.25, 0.3) is 0 Å². The van der Waals surface area contributed by atoms with Crippen LogP contribution in [0.15, 0.2) is 0 Å². The van der Waals surface area contributed by atoms with Crippen LogP contribution in [0.2, 0.25) is 0 Å². The summed E-state index contributed by atoms with van der Waals surface area (Å²) < 4.78 is 0. The Hall–Kier alpha value is -0.550. The van der Waals surface area contributed by atoms with E-state index in [1.165, 1.54) is 25.7 Å². The van der Waals surface area contributed by atoms with Crippen LogP contribution in [0, 0.1) is 22.7 Å². The van der Waals surface area contributed by atoms with Crippen molar-refractivity contribution in [3.8, 4) is 6.07 Å². The minimum atomic E-state index is -0.403. The Morgan fingerprint density at radius 1 is 1.00 bits per heavy atom. The summed E-state index contributed by atoms with van der Waals surface area (Å²) in [5, 5.41) is 20.0. The standard InChI is InChI=1S/C14H23NO/c15-11-14(9-5-2-6-10-14)13(16)12-7-3-1-4-8-12/h12-13,16H,1-10H2. The molecule has 2 heteroatoms. The average molecular weight is 221 g/mol. The maximum Gasteiger partial charge on any atom is 0.0835 e. The Labute approximate surface area is 98.7 Å². The fourth-order valence-electron chi connectivity index (χ4n) is 3.56. The highest BCUT2D eigenvalue weighted by atomic mass is 16.3. The number of hydrogen-bond donors (Lipinski definition) is 1. The van der Waals surface area contributed by atoms with Gasteiger partial charge < -0.3 is 5.11 Å². The molecule has 0 aromatic heterocycles. The lowest BCUT2D eigenvalue weighted by molar-refractivity contribution is -0.0191. The Kier molecular flexibility index (Phi) is 3.86. The van der Waals surface area contributed by atoms with Crippen molar-refractivity contribution in [2.45, 2.75) is 70.3 Å². The molecule has 0 aromatic carbocycles. The van der Waals surface area contributed by atoms with Gasteiger partial charge in [-0.1, -0.05) is 38.5 Å². The molecule has 1 unspecified atom stereocenters. The lowest BCUT2D eigenvalue weighted by Crippen LogP contribution is -2.41. The summed E-state index contributed by atoms with van der Waals surface area (Å²) in [6, 6.07) is 2.46. The van der Waals surface area contributed by atoms with Crippen molar-refractivity contribution in [1.29, 1.82) is 5.26 Å². The van der Waals surface area contributed by atoms with Gasteiger partial charge in [0.1, 0.15) is 0 Å². The van der Waals surface area contributed by atoms with Gasteiger partial charge in [-0.2, -0.15) is 5.26 Å². The average Bonchev–Trinajstić information content (AvgIpc) is 2.39. The van der Waals surface area contributed by atoms with Gasteiger partial charge in [-0.25, -0.2) is 0 Å². The molecule has 0 amide bonds. The van der Waals surface area contributed by atoms with E-state index in [9.17, 15) is 10.4 Å². The van der Waals surface area contributed by atoms with Gasteiger partial charge in [-0.3, -0.25) is 0 Å². The Morgan fingerprint density at radius 2 is 1.56 bits per heavy atom. The van der Waals surface area contributed by atoms with Crippen LogP contribution in [-0.2, 0) is 0 Å². The van der Waals surface area contributed by atoms with Gasteiger partial charge in [0.2, 0.25) is 0 Å². The first-order valence-electron chi connectivity index (χ1n) is 6.88. The largest absolute Gasteiger partial charge is 0.391 e. The van der Waals surface area contributed by atoms with Gasteiger partial charge >= 0.3 is 0 Å². The van der Waals surface area contributed by atoms with Crippen LogP contribution in [0.5, 0.6) is 0 Å². The van der Waals surface area contributed by atoms with Gasteiger partial charge in [0.05, 0.1) is 17.6 Å². The summed E-state index contributed by atoms with van der Waals surface area (Å²) in [5.74, 6) is 0.395. The molecule has 2 aliphatic carbocycles. The van der Waals surface area contributed by atoms with Crippen molar-refractivity contribution in [2.24, 2.45) is 11.3 Å². The zero-order chi connectivity index (χ0) is 11.4. The maximum atomic E-state index is 10.5. The molecule has 1 atom stereocenters. The lowest BCUT2D eigenvalue weighted by Gasteiger charge is -2.40. The van der Waals surface area contributed by atoms with E-state index in [0.717, 1.165) is 38.5 Å². The second kappa shape index (κ2) is 5.19. The zero-order valence-electron chi connectivity index (χ0n) is 10.1. The normalized spacial score (nSPS) is 28.2. The molecule has 0 aromatic rings. The Bertz CT molecular complexity index is 256. The van der Waals surface area contributed by atoms with Crippen molar-refractivity contribution in [2.75, 3.05) is 0 Å². The topological polar surface area (TPSA) is 44.0 Å². The molecular formula is C14H23NO. The number of aliphatic hydroxyl groups is 1. The third-order valence-corrected chi connectivity index (χ3v) is 4.63. The third kappa shape index (κ3) is 2.25. The molecule has 0 heterocycles. The second-order valence-corrected chi connectivity index (χ2v) is 5.67. The highest BCUT2D eigenvalue weighted by molar-refractivity contribution is 5.06. The van der Waals surface area contributed by atoms with Crippen LogP contribution in [-0.4, -0.2) is 11.2 Å². The molecule has 2 saturated carbocycles.